The van der Waals surface area contributed by atoms with E-state index in [0.717, 1.165) is 51.3 Å². The first-order valence-corrected chi connectivity index (χ1v) is 6.68. The van der Waals surface area contributed by atoms with Gasteiger partial charge in [-0.25, -0.2) is 0 Å². The lowest BCUT2D eigenvalue weighted by Gasteiger charge is -2.26. The summed E-state index contributed by atoms with van der Waals surface area (Å²) in [5.41, 5.74) is 1.02. The third-order valence-electron chi connectivity index (χ3n) is 3.20. The van der Waals surface area contributed by atoms with Gasteiger partial charge in [-0.05, 0) is 37.1 Å². The highest BCUT2D eigenvalue weighted by Gasteiger charge is 2.30. The van der Waals surface area contributed by atoms with Gasteiger partial charge >= 0.3 is 6.36 Å². The number of hydrogen-bond acceptors (Lipinski definition) is 3. The maximum atomic E-state index is 12.0. The molecule has 1 fully saturated rings. The molecule has 1 aliphatic heterocycles. The maximum Gasteiger partial charge on any atom is 0.573 e. The highest BCUT2D eigenvalue weighted by molar-refractivity contribution is 5.27. The highest BCUT2D eigenvalue weighted by Crippen LogP contribution is 2.23. The summed E-state index contributed by atoms with van der Waals surface area (Å²) >= 11 is 0. The first-order chi connectivity index (χ1) is 9.53. The van der Waals surface area contributed by atoms with Gasteiger partial charge in [0.25, 0.3) is 0 Å². The fourth-order valence-corrected chi connectivity index (χ4v) is 2.19. The van der Waals surface area contributed by atoms with Gasteiger partial charge < -0.3 is 9.47 Å². The van der Waals surface area contributed by atoms with E-state index >= 15 is 0 Å². The normalized spacial score (nSPS) is 17.1. The van der Waals surface area contributed by atoms with Crippen molar-refractivity contribution in [2.24, 2.45) is 0 Å². The van der Waals surface area contributed by atoms with Gasteiger partial charge in [-0.1, -0.05) is 12.1 Å². The molecule has 2 rings (SSSR count). The van der Waals surface area contributed by atoms with E-state index in [1.165, 1.54) is 12.1 Å². The highest BCUT2D eigenvalue weighted by atomic mass is 19.4. The first-order valence-electron chi connectivity index (χ1n) is 6.68. The van der Waals surface area contributed by atoms with Crippen molar-refractivity contribution in [1.29, 1.82) is 0 Å². The van der Waals surface area contributed by atoms with Crippen LogP contribution in [0.1, 0.15) is 12.0 Å². The molecule has 3 nitrogen and oxygen atoms in total. The minimum atomic E-state index is -4.63. The Morgan fingerprint density at radius 2 is 1.75 bits per heavy atom. The zero-order valence-corrected chi connectivity index (χ0v) is 11.2. The molecular weight excluding hydrogens is 271 g/mol. The van der Waals surface area contributed by atoms with E-state index in [2.05, 4.69) is 9.64 Å². The Hall–Kier alpha value is -1.27. The second-order valence-electron chi connectivity index (χ2n) is 4.75. The molecule has 0 N–H and O–H groups in total. The molecule has 1 aromatic carbocycles. The van der Waals surface area contributed by atoms with Crippen molar-refractivity contribution in [3.8, 4) is 5.75 Å². The molecule has 1 aliphatic rings. The largest absolute Gasteiger partial charge is 0.573 e. The average molecular weight is 289 g/mol. The third-order valence-corrected chi connectivity index (χ3v) is 3.20. The quantitative estimate of drug-likeness (QED) is 0.832. The minimum absolute atomic E-state index is 0.172. The van der Waals surface area contributed by atoms with Crippen LogP contribution in [0, 0.1) is 0 Å². The molecule has 0 bridgehead atoms. The number of halogens is 3. The average Bonchev–Trinajstić information content (AvgIpc) is 2.40. The lowest BCUT2D eigenvalue weighted by molar-refractivity contribution is -0.274. The Morgan fingerprint density at radius 3 is 2.35 bits per heavy atom. The van der Waals surface area contributed by atoms with Crippen LogP contribution < -0.4 is 4.74 Å². The molecule has 20 heavy (non-hydrogen) atoms. The van der Waals surface area contributed by atoms with E-state index in [4.69, 9.17) is 4.74 Å². The van der Waals surface area contributed by atoms with E-state index < -0.39 is 6.36 Å². The smallest absolute Gasteiger partial charge is 0.406 e. The summed E-state index contributed by atoms with van der Waals surface area (Å²) in [6, 6.07) is 6.08. The number of ether oxygens (including phenoxy) is 2. The summed E-state index contributed by atoms with van der Waals surface area (Å²) in [7, 11) is 0. The third kappa shape index (κ3) is 5.38. The molecule has 1 heterocycles. The van der Waals surface area contributed by atoms with E-state index in [0.29, 0.717) is 0 Å². The Kier molecular flexibility index (Phi) is 5.25. The number of alkyl halides is 3. The van der Waals surface area contributed by atoms with Crippen molar-refractivity contribution >= 4 is 0 Å². The SMILES string of the molecule is FC(F)(F)Oc1ccc(CCCN2CCOCC2)cc1. The Bertz CT molecular complexity index is 400. The molecular formula is C14H18F3NO2. The van der Waals surface area contributed by atoms with Gasteiger partial charge in [0.1, 0.15) is 5.75 Å². The van der Waals surface area contributed by atoms with Crippen molar-refractivity contribution < 1.29 is 22.6 Å². The number of morpholine rings is 1. The zero-order chi connectivity index (χ0) is 14.4. The second kappa shape index (κ2) is 6.95. The van der Waals surface area contributed by atoms with Crippen LogP contribution in [-0.4, -0.2) is 44.1 Å². The van der Waals surface area contributed by atoms with Gasteiger partial charge in [-0.2, -0.15) is 0 Å². The predicted molar refractivity (Wildman–Crippen MR) is 68.7 cm³/mol. The Labute approximate surface area is 116 Å². The number of benzene rings is 1. The molecule has 0 atom stereocenters. The summed E-state index contributed by atoms with van der Waals surface area (Å²) < 4.78 is 45.1. The number of hydrogen-bond donors (Lipinski definition) is 0. The molecule has 0 amide bonds. The van der Waals surface area contributed by atoms with Crippen molar-refractivity contribution in [2.45, 2.75) is 19.2 Å². The van der Waals surface area contributed by atoms with Crippen molar-refractivity contribution in [3.05, 3.63) is 29.8 Å². The summed E-state index contributed by atoms with van der Waals surface area (Å²) in [5, 5.41) is 0. The fraction of sp³-hybridized carbons (Fsp3) is 0.571. The van der Waals surface area contributed by atoms with Crippen molar-refractivity contribution in [2.75, 3.05) is 32.8 Å². The number of rotatable bonds is 5. The lowest BCUT2D eigenvalue weighted by atomic mass is 10.1. The Morgan fingerprint density at radius 1 is 1.10 bits per heavy atom. The van der Waals surface area contributed by atoms with Crippen LogP contribution >= 0.6 is 0 Å². The van der Waals surface area contributed by atoms with Crippen LogP contribution in [0.25, 0.3) is 0 Å². The predicted octanol–water partition coefficient (Wildman–Crippen LogP) is 2.85. The van der Waals surface area contributed by atoms with Crippen LogP contribution in [-0.2, 0) is 11.2 Å². The van der Waals surface area contributed by atoms with E-state index in [1.54, 1.807) is 12.1 Å². The fourth-order valence-electron chi connectivity index (χ4n) is 2.19. The first kappa shape index (κ1) is 15.1. The molecule has 6 heteroatoms. The van der Waals surface area contributed by atoms with Crippen molar-refractivity contribution in [1.82, 2.24) is 4.90 Å². The summed E-state index contributed by atoms with van der Waals surface area (Å²) in [6.45, 7) is 4.47. The van der Waals surface area contributed by atoms with Crippen LogP contribution in [0.2, 0.25) is 0 Å². The number of aryl methyl sites for hydroxylation is 1. The molecule has 0 spiro atoms. The maximum absolute atomic E-state index is 12.0. The minimum Gasteiger partial charge on any atom is -0.406 e. The Balaban J connectivity index is 1.73. The van der Waals surface area contributed by atoms with Gasteiger partial charge in [-0.15, -0.1) is 13.2 Å². The zero-order valence-electron chi connectivity index (χ0n) is 11.2. The molecule has 0 unspecified atom stereocenters. The van der Waals surface area contributed by atoms with Gasteiger partial charge in [0, 0.05) is 13.1 Å². The second-order valence-corrected chi connectivity index (χ2v) is 4.75. The molecule has 1 aromatic rings. The van der Waals surface area contributed by atoms with E-state index in [1.807, 2.05) is 0 Å². The van der Waals surface area contributed by atoms with Crippen LogP contribution in [0.4, 0.5) is 13.2 Å². The van der Waals surface area contributed by atoms with Crippen LogP contribution in [0.5, 0.6) is 5.75 Å². The molecule has 0 saturated carbocycles. The van der Waals surface area contributed by atoms with E-state index in [-0.39, 0.29) is 5.75 Å². The van der Waals surface area contributed by atoms with Gasteiger partial charge in [-0.3, -0.25) is 4.90 Å². The standard InChI is InChI=1S/C14H18F3NO2/c15-14(16,17)20-13-5-3-12(4-6-13)2-1-7-18-8-10-19-11-9-18/h3-6H,1-2,7-11H2. The molecule has 1 saturated heterocycles. The molecule has 0 radical (unpaired) electrons. The molecule has 0 aromatic heterocycles. The molecule has 112 valence electrons. The van der Waals surface area contributed by atoms with Gasteiger partial charge in [0.15, 0.2) is 0 Å². The monoisotopic (exact) mass is 289 g/mol. The van der Waals surface area contributed by atoms with E-state index in [9.17, 15) is 13.2 Å². The van der Waals surface area contributed by atoms with Crippen LogP contribution in [0.15, 0.2) is 24.3 Å². The summed E-state index contributed by atoms with van der Waals surface area (Å²) in [5.74, 6) is -0.172. The summed E-state index contributed by atoms with van der Waals surface area (Å²) in [4.78, 5) is 2.34. The van der Waals surface area contributed by atoms with Crippen LogP contribution in [0.3, 0.4) is 0 Å². The topological polar surface area (TPSA) is 21.7 Å². The summed E-state index contributed by atoms with van der Waals surface area (Å²) in [6.07, 6.45) is -2.79. The number of nitrogens with zero attached hydrogens (tertiary/aromatic N) is 1. The lowest BCUT2D eigenvalue weighted by Crippen LogP contribution is -2.36. The van der Waals surface area contributed by atoms with Gasteiger partial charge in [0.05, 0.1) is 13.2 Å². The van der Waals surface area contributed by atoms with Crippen molar-refractivity contribution in [3.63, 3.8) is 0 Å². The van der Waals surface area contributed by atoms with Gasteiger partial charge in [0.2, 0.25) is 0 Å². The molecule has 0 aliphatic carbocycles.